The molecule has 156 valence electrons. The summed E-state index contributed by atoms with van der Waals surface area (Å²) in [6.45, 7) is 2.77. The highest BCUT2D eigenvalue weighted by Gasteiger charge is 2.33. The number of hydrogen-bond donors (Lipinski definition) is 1. The van der Waals surface area contributed by atoms with Crippen molar-refractivity contribution in [3.8, 4) is 11.5 Å². The minimum atomic E-state index is 0.149. The lowest BCUT2D eigenvalue weighted by atomic mass is 10.0. The highest BCUT2D eigenvalue weighted by Crippen LogP contribution is 2.31. The molecule has 0 spiro atoms. The van der Waals surface area contributed by atoms with Crippen LogP contribution in [0.3, 0.4) is 0 Å². The average molecular weight is 420 g/mol. The molecule has 1 aromatic heterocycles. The Kier molecular flexibility index (Phi) is 5.86. The van der Waals surface area contributed by atoms with Crippen molar-refractivity contribution in [3.05, 3.63) is 34.5 Å². The molecule has 0 saturated carbocycles. The molecule has 9 heteroatoms. The molecule has 2 aromatic rings. The fraction of sp³-hybridized carbons (Fsp3) is 0.550. The normalized spacial score (nSPS) is 21.7. The number of aromatic nitrogens is 2. The molecule has 1 amide bonds. The molecule has 4 rings (SSSR count). The van der Waals surface area contributed by atoms with E-state index in [0.717, 1.165) is 49.4 Å². The Labute approximate surface area is 175 Å². The standard InChI is InChI=1S/C20H26N4O4S/c1-26-14-7-8-17(27-2)15(11-14)16-5-3-10-23(16)13-24-20(29)28-18(21-24)12-22-9-4-6-19(22)25/h7-8,11,16H,3-6,9-10,12-13H2,1-2H3/p+1/t16-/m0/s1. The third kappa shape index (κ3) is 4.16. The third-order valence-electron chi connectivity index (χ3n) is 5.79. The molecule has 29 heavy (non-hydrogen) atoms. The molecule has 2 aliphatic rings. The van der Waals surface area contributed by atoms with Crippen molar-refractivity contribution in [2.45, 2.75) is 44.9 Å². The van der Waals surface area contributed by atoms with Gasteiger partial charge in [0.15, 0.2) is 6.67 Å². The summed E-state index contributed by atoms with van der Waals surface area (Å²) in [5, 5.41) is 4.55. The average Bonchev–Trinajstić information content (AvgIpc) is 3.43. The molecule has 0 bridgehead atoms. The van der Waals surface area contributed by atoms with Crippen LogP contribution in [-0.4, -0.2) is 47.9 Å². The predicted octanol–water partition coefficient (Wildman–Crippen LogP) is 1.72. The van der Waals surface area contributed by atoms with Gasteiger partial charge < -0.3 is 23.7 Å². The maximum absolute atomic E-state index is 11.9. The fourth-order valence-corrected chi connectivity index (χ4v) is 4.53. The number of quaternary nitrogens is 1. The summed E-state index contributed by atoms with van der Waals surface area (Å²) in [6, 6.07) is 6.19. The smallest absolute Gasteiger partial charge is 0.291 e. The van der Waals surface area contributed by atoms with E-state index in [4.69, 9.17) is 26.1 Å². The monoisotopic (exact) mass is 419 g/mol. The van der Waals surface area contributed by atoms with Gasteiger partial charge in [0.25, 0.3) is 4.84 Å². The first kappa shape index (κ1) is 19.9. The molecule has 2 atom stereocenters. The maximum Gasteiger partial charge on any atom is 0.291 e. The van der Waals surface area contributed by atoms with Crippen LogP contribution in [0.1, 0.15) is 43.2 Å². The van der Waals surface area contributed by atoms with Gasteiger partial charge in [-0.3, -0.25) is 4.79 Å². The largest absolute Gasteiger partial charge is 0.497 e. The van der Waals surface area contributed by atoms with Gasteiger partial charge in [0.05, 0.1) is 32.9 Å². The van der Waals surface area contributed by atoms with Gasteiger partial charge in [-0.2, -0.15) is 4.68 Å². The molecule has 1 aromatic carbocycles. The number of likely N-dealkylation sites (tertiary alicyclic amines) is 2. The van der Waals surface area contributed by atoms with Crippen LogP contribution in [0, 0.1) is 4.84 Å². The Morgan fingerprint density at radius 3 is 2.90 bits per heavy atom. The second-order valence-electron chi connectivity index (χ2n) is 7.55. The molecular formula is C20H27N4O4S+. The van der Waals surface area contributed by atoms with Gasteiger partial charge in [0.1, 0.15) is 17.5 Å². The molecule has 2 saturated heterocycles. The Balaban J connectivity index is 1.52. The minimum absolute atomic E-state index is 0.149. The summed E-state index contributed by atoms with van der Waals surface area (Å²) < 4.78 is 18.4. The summed E-state index contributed by atoms with van der Waals surface area (Å²) in [5.41, 5.74) is 1.14. The zero-order valence-corrected chi connectivity index (χ0v) is 17.7. The van der Waals surface area contributed by atoms with Gasteiger partial charge in [-0.15, -0.1) is 5.10 Å². The summed E-state index contributed by atoms with van der Waals surface area (Å²) in [6.07, 6.45) is 3.66. The molecule has 3 heterocycles. The van der Waals surface area contributed by atoms with E-state index in [-0.39, 0.29) is 11.9 Å². The van der Waals surface area contributed by atoms with Crippen LogP contribution in [0.25, 0.3) is 0 Å². The molecular weight excluding hydrogens is 392 g/mol. The number of hydrogen-bond acceptors (Lipinski definition) is 6. The van der Waals surface area contributed by atoms with E-state index in [9.17, 15) is 4.79 Å². The van der Waals surface area contributed by atoms with Crippen LogP contribution in [0.2, 0.25) is 0 Å². The first-order valence-electron chi connectivity index (χ1n) is 10.00. The number of methoxy groups -OCH3 is 2. The van der Waals surface area contributed by atoms with Crippen molar-refractivity contribution in [1.29, 1.82) is 0 Å². The van der Waals surface area contributed by atoms with E-state index in [2.05, 4.69) is 11.2 Å². The topological polar surface area (TPSA) is 74.2 Å². The number of nitrogens with one attached hydrogen (secondary N) is 1. The van der Waals surface area contributed by atoms with E-state index < -0.39 is 0 Å². The van der Waals surface area contributed by atoms with Crippen LogP contribution >= 0.6 is 12.2 Å². The highest BCUT2D eigenvalue weighted by molar-refractivity contribution is 7.71. The number of ether oxygens (including phenoxy) is 2. The van der Waals surface area contributed by atoms with Crippen LogP contribution in [0.4, 0.5) is 0 Å². The van der Waals surface area contributed by atoms with Crippen molar-refractivity contribution < 1.29 is 23.6 Å². The quantitative estimate of drug-likeness (QED) is 0.689. The zero-order chi connectivity index (χ0) is 20.4. The Morgan fingerprint density at radius 1 is 1.31 bits per heavy atom. The van der Waals surface area contributed by atoms with Crippen LogP contribution in [0.5, 0.6) is 11.5 Å². The minimum Gasteiger partial charge on any atom is -0.497 e. The number of amides is 1. The van der Waals surface area contributed by atoms with Gasteiger partial charge in [-0.05, 0) is 36.8 Å². The van der Waals surface area contributed by atoms with Gasteiger partial charge in [0, 0.05) is 25.8 Å². The lowest BCUT2D eigenvalue weighted by Gasteiger charge is -2.23. The van der Waals surface area contributed by atoms with E-state index in [1.165, 1.54) is 4.90 Å². The summed E-state index contributed by atoms with van der Waals surface area (Å²) >= 11 is 5.39. The van der Waals surface area contributed by atoms with Gasteiger partial charge >= 0.3 is 0 Å². The van der Waals surface area contributed by atoms with Crippen LogP contribution in [0.15, 0.2) is 22.6 Å². The highest BCUT2D eigenvalue weighted by atomic mass is 32.1. The van der Waals surface area contributed by atoms with Crippen molar-refractivity contribution in [2.75, 3.05) is 27.3 Å². The summed E-state index contributed by atoms with van der Waals surface area (Å²) in [4.78, 5) is 15.3. The van der Waals surface area contributed by atoms with Gasteiger partial charge in [-0.1, -0.05) is 0 Å². The lowest BCUT2D eigenvalue weighted by molar-refractivity contribution is -0.941. The summed E-state index contributed by atoms with van der Waals surface area (Å²) in [5.74, 6) is 2.34. The van der Waals surface area contributed by atoms with Crippen LogP contribution in [-0.2, 0) is 18.0 Å². The van der Waals surface area contributed by atoms with E-state index in [1.807, 2.05) is 12.1 Å². The second kappa shape index (κ2) is 8.54. The molecule has 0 aliphatic carbocycles. The van der Waals surface area contributed by atoms with E-state index >= 15 is 0 Å². The number of rotatable bonds is 7. The predicted molar refractivity (Wildman–Crippen MR) is 107 cm³/mol. The van der Waals surface area contributed by atoms with E-state index in [1.54, 1.807) is 23.8 Å². The SMILES string of the molecule is COc1ccc(OC)c([C@@H]2CCC[NH+]2Cn2nc(CN3CCCC3=O)oc2=S)c1. The zero-order valence-electron chi connectivity index (χ0n) is 16.8. The molecule has 2 fully saturated rings. The van der Waals surface area contributed by atoms with Crippen molar-refractivity contribution in [1.82, 2.24) is 14.7 Å². The fourth-order valence-electron chi connectivity index (χ4n) is 4.33. The molecule has 0 radical (unpaired) electrons. The molecule has 1 N–H and O–H groups in total. The second-order valence-corrected chi connectivity index (χ2v) is 7.90. The van der Waals surface area contributed by atoms with Gasteiger partial charge in [0.2, 0.25) is 11.8 Å². The molecule has 8 nitrogen and oxygen atoms in total. The summed E-state index contributed by atoms with van der Waals surface area (Å²) in [7, 11) is 3.37. The molecule has 2 aliphatic heterocycles. The number of carbonyl (C=O) groups excluding carboxylic acids is 1. The number of benzene rings is 1. The maximum atomic E-state index is 11.9. The first-order valence-corrected chi connectivity index (χ1v) is 10.4. The Morgan fingerprint density at radius 2 is 2.17 bits per heavy atom. The lowest BCUT2D eigenvalue weighted by Crippen LogP contribution is -3.09. The Bertz CT molecular complexity index is 941. The van der Waals surface area contributed by atoms with Crippen molar-refractivity contribution in [3.63, 3.8) is 0 Å². The van der Waals surface area contributed by atoms with Gasteiger partial charge in [-0.25, -0.2) is 0 Å². The number of nitrogens with zero attached hydrogens (tertiary/aromatic N) is 3. The van der Waals surface area contributed by atoms with Crippen LogP contribution < -0.4 is 14.4 Å². The first-order chi connectivity index (χ1) is 14.1. The number of carbonyl (C=O) groups is 1. The van der Waals surface area contributed by atoms with E-state index in [0.29, 0.717) is 30.4 Å². The molecule has 1 unspecified atom stereocenters. The van der Waals surface area contributed by atoms with Crippen molar-refractivity contribution in [2.24, 2.45) is 0 Å². The van der Waals surface area contributed by atoms with Crippen molar-refractivity contribution >= 4 is 18.1 Å². The third-order valence-corrected chi connectivity index (χ3v) is 6.09. The Hall–Kier alpha value is -2.39.